The van der Waals surface area contributed by atoms with E-state index in [1.807, 2.05) is 6.92 Å². The van der Waals surface area contributed by atoms with Gasteiger partial charge in [0.15, 0.2) is 0 Å². The molecule has 4 N–H and O–H groups in total. The van der Waals surface area contributed by atoms with Crippen LogP contribution in [0, 0.1) is 5.82 Å². The number of nitrogens with zero attached hydrogens (tertiary/aromatic N) is 5. The molecule has 0 radical (unpaired) electrons. The van der Waals surface area contributed by atoms with Crippen molar-refractivity contribution >= 4 is 34.5 Å². The first kappa shape index (κ1) is 26.3. The molecular formula is C26H28FN9O2. The second kappa shape index (κ2) is 12.0. The minimum atomic E-state index is -0.493. The molecule has 2 amide bonds. The average molecular weight is 518 g/mol. The molecule has 0 saturated carbocycles. The smallest absolute Gasteiger partial charge is 0.251 e. The number of halogens is 1. The van der Waals surface area contributed by atoms with Crippen LogP contribution in [0.15, 0.2) is 49.2 Å². The number of rotatable bonds is 10. The van der Waals surface area contributed by atoms with Crippen molar-refractivity contribution in [1.29, 1.82) is 0 Å². The van der Waals surface area contributed by atoms with Crippen LogP contribution in [0.2, 0.25) is 0 Å². The molecule has 11 nitrogen and oxygen atoms in total. The normalized spacial score (nSPS) is 11.6. The highest BCUT2D eigenvalue weighted by Crippen LogP contribution is 2.29. The Bertz CT molecular complexity index is 1450. The van der Waals surface area contributed by atoms with Gasteiger partial charge < -0.3 is 21.3 Å². The number of carbonyl (C=O) groups is 2. The van der Waals surface area contributed by atoms with Gasteiger partial charge >= 0.3 is 0 Å². The predicted molar refractivity (Wildman–Crippen MR) is 142 cm³/mol. The van der Waals surface area contributed by atoms with E-state index in [1.54, 1.807) is 24.5 Å². The second-order valence-corrected chi connectivity index (χ2v) is 8.57. The molecule has 12 heteroatoms. The number of aromatic nitrogens is 5. The molecule has 0 unspecified atom stereocenters. The Balaban J connectivity index is 1.45. The lowest BCUT2D eigenvalue weighted by molar-refractivity contribution is -0.118. The van der Waals surface area contributed by atoms with E-state index < -0.39 is 5.82 Å². The number of pyridine rings is 1. The van der Waals surface area contributed by atoms with Crippen LogP contribution in [0.25, 0.3) is 22.2 Å². The molecule has 1 aromatic carbocycles. The van der Waals surface area contributed by atoms with E-state index in [1.165, 1.54) is 38.6 Å². The van der Waals surface area contributed by atoms with Crippen molar-refractivity contribution in [2.75, 3.05) is 37.3 Å². The van der Waals surface area contributed by atoms with Crippen molar-refractivity contribution in [3.8, 4) is 11.3 Å². The van der Waals surface area contributed by atoms with Crippen molar-refractivity contribution in [3.05, 3.63) is 66.1 Å². The summed E-state index contributed by atoms with van der Waals surface area (Å²) in [6, 6.07) is 6.36. The van der Waals surface area contributed by atoms with E-state index in [9.17, 15) is 14.0 Å². The molecule has 38 heavy (non-hydrogen) atoms. The minimum absolute atomic E-state index is 0.0739. The molecule has 0 aliphatic rings. The highest BCUT2D eigenvalue weighted by molar-refractivity contribution is 6.06. The summed E-state index contributed by atoms with van der Waals surface area (Å²) in [7, 11) is 1.51. The van der Waals surface area contributed by atoms with Crippen molar-refractivity contribution in [2.45, 2.75) is 19.8 Å². The first-order valence-corrected chi connectivity index (χ1v) is 12.0. The van der Waals surface area contributed by atoms with Gasteiger partial charge in [-0.2, -0.15) is 0 Å². The van der Waals surface area contributed by atoms with Crippen molar-refractivity contribution in [2.24, 2.45) is 0 Å². The zero-order valence-electron chi connectivity index (χ0n) is 21.2. The number of anilines is 2. The molecule has 0 bridgehead atoms. The molecule has 0 saturated heterocycles. The van der Waals surface area contributed by atoms with Gasteiger partial charge in [-0.05, 0) is 17.7 Å². The van der Waals surface area contributed by atoms with Crippen LogP contribution in [0.5, 0.6) is 0 Å². The molecule has 196 valence electrons. The van der Waals surface area contributed by atoms with Crippen LogP contribution in [0.3, 0.4) is 0 Å². The summed E-state index contributed by atoms with van der Waals surface area (Å²) in [4.78, 5) is 44.8. The molecule has 0 aliphatic carbocycles. The van der Waals surface area contributed by atoms with E-state index in [4.69, 9.17) is 0 Å². The Kier molecular flexibility index (Phi) is 8.31. The van der Waals surface area contributed by atoms with Gasteiger partial charge in [0.2, 0.25) is 11.9 Å². The Hall–Kier alpha value is -4.74. The number of hydrogen-bond acceptors (Lipinski definition) is 9. The van der Waals surface area contributed by atoms with Gasteiger partial charge in [0.25, 0.3) is 5.91 Å². The van der Waals surface area contributed by atoms with Crippen LogP contribution >= 0.6 is 0 Å². The van der Waals surface area contributed by atoms with Gasteiger partial charge in [0.1, 0.15) is 18.0 Å². The molecule has 0 fully saturated rings. The molecule has 3 aromatic heterocycles. The summed E-state index contributed by atoms with van der Waals surface area (Å²) < 4.78 is 14.7. The number of nitrogens with one attached hydrogen (secondary N) is 4. The maximum Gasteiger partial charge on any atom is 0.251 e. The molecule has 0 spiro atoms. The number of hydrogen-bond donors (Lipinski definition) is 4. The highest BCUT2D eigenvalue weighted by Gasteiger charge is 2.18. The number of amides is 2. The number of benzene rings is 1. The highest BCUT2D eigenvalue weighted by atomic mass is 19.1. The lowest BCUT2D eigenvalue weighted by atomic mass is 9.95. The van der Waals surface area contributed by atoms with Gasteiger partial charge in [0.05, 0.1) is 16.8 Å². The van der Waals surface area contributed by atoms with Crippen molar-refractivity contribution in [3.63, 3.8) is 0 Å². The molecule has 4 rings (SSSR count). The maximum absolute atomic E-state index is 14.7. The van der Waals surface area contributed by atoms with Crippen molar-refractivity contribution < 1.29 is 14.0 Å². The molecule has 1 atom stereocenters. The fourth-order valence-corrected chi connectivity index (χ4v) is 3.91. The van der Waals surface area contributed by atoms with E-state index in [2.05, 4.69) is 46.2 Å². The monoisotopic (exact) mass is 517 g/mol. The molecule has 3 heterocycles. The average Bonchev–Trinajstić information content (AvgIpc) is 2.94. The fourth-order valence-electron chi connectivity index (χ4n) is 3.91. The van der Waals surface area contributed by atoms with Crippen LogP contribution in [-0.2, 0) is 4.79 Å². The first-order valence-electron chi connectivity index (χ1n) is 12.0. The minimum Gasteiger partial charge on any atom is -0.369 e. The fraction of sp³-hybridized carbons (Fsp3) is 0.269. The molecular weight excluding hydrogens is 489 g/mol. The zero-order valence-corrected chi connectivity index (χ0v) is 21.2. The third kappa shape index (κ3) is 6.14. The van der Waals surface area contributed by atoms with E-state index in [0.29, 0.717) is 48.2 Å². The lowest BCUT2D eigenvalue weighted by Gasteiger charge is -2.17. The third-order valence-corrected chi connectivity index (χ3v) is 5.86. The Morgan fingerprint density at radius 2 is 1.79 bits per heavy atom. The summed E-state index contributed by atoms with van der Waals surface area (Å²) in [6.45, 7) is 4.91. The van der Waals surface area contributed by atoms with Gasteiger partial charge in [-0.3, -0.25) is 14.6 Å². The predicted octanol–water partition coefficient (Wildman–Crippen LogP) is 2.74. The first-order chi connectivity index (χ1) is 18.4. The molecule has 0 aliphatic heterocycles. The van der Waals surface area contributed by atoms with E-state index in [0.717, 1.165) is 5.56 Å². The summed E-state index contributed by atoms with van der Waals surface area (Å²) in [5.74, 6) is 0.0150. The Labute approximate surface area is 218 Å². The quantitative estimate of drug-likeness (QED) is 0.233. The summed E-state index contributed by atoms with van der Waals surface area (Å²) in [5, 5.41) is 11.8. The van der Waals surface area contributed by atoms with Crippen LogP contribution in [-0.4, -0.2) is 63.4 Å². The number of fused-ring (bicyclic) bond motifs is 1. The van der Waals surface area contributed by atoms with Crippen LogP contribution in [0.4, 0.5) is 16.2 Å². The van der Waals surface area contributed by atoms with Gasteiger partial charge in [0, 0.05) is 75.1 Å². The summed E-state index contributed by atoms with van der Waals surface area (Å²) >= 11 is 0. The van der Waals surface area contributed by atoms with Crippen molar-refractivity contribution in [1.82, 2.24) is 35.6 Å². The maximum atomic E-state index is 14.7. The number of carbonyl (C=O) groups excluding carboxylic acids is 2. The largest absolute Gasteiger partial charge is 0.369 e. The summed E-state index contributed by atoms with van der Waals surface area (Å²) in [5.41, 5.74) is 2.86. The van der Waals surface area contributed by atoms with E-state index in [-0.39, 0.29) is 28.7 Å². The van der Waals surface area contributed by atoms with Gasteiger partial charge in [-0.1, -0.05) is 13.0 Å². The standard InChI is InChI=1S/C26H28FN9O2/c1-15(18-4-5-20(27)23-19(25(38)28-3)6-7-30-24(18)23)11-32-22-10-21(35-14-36-22)17-12-33-26(34-13-17)31-9-8-29-16(2)37/h4-7,10,12-15H,8-9,11H2,1-3H3,(H,28,38)(H,29,37)(H,31,33,34)(H,32,35,36)/t15-/m1/s1. The Morgan fingerprint density at radius 1 is 1.00 bits per heavy atom. The Morgan fingerprint density at radius 3 is 2.53 bits per heavy atom. The molecule has 4 aromatic rings. The second-order valence-electron chi connectivity index (χ2n) is 8.57. The lowest BCUT2D eigenvalue weighted by Crippen LogP contribution is -2.26. The van der Waals surface area contributed by atoms with Crippen LogP contribution < -0.4 is 21.3 Å². The zero-order chi connectivity index (χ0) is 27.1. The van der Waals surface area contributed by atoms with Gasteiger partial charge in [-0.25, -0.2) is 24.3 Å². The van der Waals surface area contributed by atoms with E-state index >= 15 is 0 Å². The van der Waals surface area contributed by atoms with Crippen LogP contribution in [0.1, 0.15) is 35.7 Å². The SMILES string of the molecule is CNC(=O)c1ccnc2c([C@H](C)CNc3cc(-c4cnc(NCCNC(C)=O)nc4)ncn3)ccc(F)c12. The summed E-state index contributed by atoms with van der Waals surface area (Å²) in [6.07, 6.45) is 6.27. The topological polar surface area (TPSA) is 147 Å². The van der Waals surface area contributed by atoms with Gasteiger partial charge in [-0.15, -0.1) is 0 Å². The third-order valence-electron chi connectivity index (χ3n) is 5.86.